The number of urea groups is 1. The van der Waals surface area contributed by atoms with Gasteiger partial charge in [0, 0.05) is 0 Å². The molecule has 1 unspecified atom stereocenters. The van der Waals surface area contributed by atoms with Gasteiger partial charge < -0.3 is 10.1 Å². The average Bonchev–Trinajstić information content (AvgIpc) is 2.39. The van der Waals surface area contributed by atoms with Gasteiger partial charge in [0.05, 0.1) is 13.7 Å². The highest BCUT2D eigenvalue weighted by molar-refractivity contribution is 9.10. The zero-order valence-corrected chi connectivity index (χ0v) is 10.8. The van der Waals surface area contributed by atoms with Gasteiger partial charge in [0.15, 0.2) is 0 Å². The van der Waals surface area contributed by atoms with Crippen molar-refractivity contribution < 1.29 is 19.1 Å². The van der Waals surface area contributed by atoms with E-state index in [-0.39, 0.29) is 12.5 Å². The van der Waals surface area contributed by atoms with Crippen LogP contribution in [-0.4, -0.2) is 46.8 Å². The molecule has 1 N–H and O–H groups in total. The Balaban J connectivity index is 2.72. The largest absolute Gasteiger partial charge is 0.468 e. The SMILES string of the molecule is COC(=O)C(Br)CN1C(=O)NC(C)(C)C1=O. The normalized spacial score (nSPS) is 20.6. The minimum atomic E-state index is -0.917. The Hall–Kier alpha value is -1.11. The quantitative estimate of drug-likeness (QED) is 0.460. The molecule has 0 aromatic heterocycles. The van der Waals surface area contributed by atoms with Gasteiger partial charge in [0.1, 0.15) is 10.4 Å². The average molecular weight is 293 g/mol. The first-order valence-corrected chi connectivity index (χ1v) is 5.57. The first kappa shape index (κ1) is 13.0. The lowest BCUT2D eigenvalue weighted by Crippen LogP contribution is -2.42. The Morgan fingerprint density at radius 1 is 1.56 bits per heavy atom. The standard InChI is InChI=1S/C9H13BrN2O4/c1-9(2)7(14)12(8(15)11-9)4-5(10)6(13)16-3/h5H,4H2,1-3H3,(H,11,15). The molecule has 16 heavy (non-hydrogen) atoms. The lowest BCUT2D eigenvalue weighted by molar-refractivity contribution is -0.140. The zero-order valence-electron chi connectivity index (χ0n) is 9.24. The third-order valence-corrected chi connectivity index (χ3v) is 2.91. The molecule has 0 aliphatic carbocycles. The fourth-order valence-corrected chi connectivity index (χ4v) is 1.82. The van der Waals surface area contributed by atoms with Crippen LogP contribution in [0.4, 0.5) is 4.79 Å². The predicted molar refractivity (Wildman–Crippen MR) is 59.1 cm³/mol. The van der Waals surface area contributed by atoms with E-state index < -0.39 is 22.4 Å². The Kier molecular flexibility index (Phi) is 3.57. The summed E-state index contributed by atoms with van der Waals surface area (Å²) < 4.78 is 4.49. The minimum absolute atomic E-state index is 0.0409. The number of carbonyl (C=O) groups is 3. The number of carbonyl (C=O) groups excluding carboxylic acids is 3. The van der Waals surface area contributed by atoms with E-state index in [2.05, 4.69) is 26.0 Å². The zero-order chi connectivity index (χ0) is 12.5. The molecule has 0 saturated carbocycles. The van der Waals surface area contributed by atoms with Crippen molar-refractivity contribution >= 4 is 33.8 Å². The van der Waals surface area contributed by atoms with Gasteiger partial charge in [0.2, 0.25) is 0 Å². The summed E-state index contributed by atoms with van der Waals surface area (Å²) in [5.41, 5.74) is -0.917. The summed E-state index contributed by atoms with van der Waals surface area (Å²) in [7, 11) is 1.24. The molecular formula is C9H13BrN2O4. The highest BCUT2D eigenvalue weighted by atomic mass is 79.9. The van der Waals surface area contributed by atoms with Crippen LogP contribution in [0.25, 0.3) is 0 Å². The first-order chi connectivity index (χ1) is 7.29. The van der Waals surface area contributed by atoms with Gasteiger partial charge in [-0.2, -0.15) is 0 Å². The molecular weight excluding hydrogens is 280 g/mol. The van der Waals surface area contributed by atoms with E-state index in [1.165, 1.54) is 7.11 Å². The molecule has 7 heteroatoms. The molecule has 0 aromatic rings. The van der Waals surface area contributed by atoms with Crippen LogP contribution in [0.2, 0.25) is 0 Å². The van der Waals surface area contributed by atoms with Crippen molar-refractivity contribution in [2.75, 3.05) is 13.7 Å². The summed E-state index contributed by atoms with van der Waals surface area (Å²) in [6.45, 7) is 3.17. The van der Waals surface area contributed by atoms with Crippen LogP contribution in [0.15, 0.2) is 0 Å². The highest BCUT2D eigenvalue weighted by Crippen LogP contribution is 2.18. The Labute approximate surface area is 101 Å². The van der Waals surface area contributed by atoms with Crippen LogP contribution in [0.3, 0.4) is 0 Å². The molecule has 1 heterocycles. The number of nitrogens with one attached hydrogen (secondary N) is 1. The van der Waals surface area contributed by atoms with E-state index >= 15 is 0 Å². The van der Waals surface area contributed by atoms with E-state index in [1.54, 1.807) is 13.8 Å². The molecule has 90 valence electrons. The monoisotopic (exact) mass is 292 g/mol. The molecule has 1 saturated heterocycles. The van der Waals surface area contributed by atoms with Crippen LogP contribution < -0.4 is 5.32 Å². The number of halogens is 1. The number of alkyl halides is 1. The number of esters is 1. The lowest BCUT2D eigenvalue weighted by atomic mass is 10.1. The Bertz CT molecular complexity index is 342. The predicted octanol–water partition coefficient (Wildman–Crippen LogP) is 0.253. The molecule has 6 nitrogen and oxygen atoms in total. The third-order valence-electron chi connectivity index (χ3n) is 2.24. The second-order valence-corrected chi connectivity index (χ2v) is 5.07. The second kappa shape index (κ2) is 4.40. The molecule has 1 aliphatic rings. The van der Waals surface area contributed by atoms with Gasteiger partial charge >= 0.3 is 12.0 Å². The van der Waals surface area contributed by atoms with Crippen LogP contribution in [-0.2, 0) is 14.3 Å². The topological polar surface area (TPSA) is 75.7 Å². The number of imide groups is 1. The molecule has 0 spiro atoms. The van der Waals surface area contributed by atoms with E-state index in [9.17, 15) is 14.4 Å². The number of methoxy groups -OCH3 is 1. The summed E-state index contributed by atoms with van der Waals surface area (Å²) in [6, 6.07) is -0.497. The molecule has 1 fully saturated rings. The number of amides is 3. The number of hydrogen-bond acceptors (Lipinski definition) is 4. The highest BCUT2D eigenvalue weighted by Gasteiger charge is 2.45. The van der Waals surface area contributed by atoms with Crippen LogP contribution in [0, 0.1) is 0 Å². The van der Waals surface area contributed by atoms with E-state index in [4.69, 9.17) is 0 Å². The molecule has 1 atom stereocenters. The molecule has 0 aromatic carbocycles. The van der Waals surface area contributed by atoms with Gasteiger partial charge in [-0.1, -0.05) is 15.9 Å². The van der Waals surface area contributed by atoms with Gasteiger partial charge in [-0.25, -0.2) is 4.79 Å². The number of rotatable bonds is 3. The Morgan fingerprint density at radius 2 is 2.12 bits per heavy atom. The Morgan fingerprint density at radius 3 is 2.50 bits per heavy atom. The lowest BCUT2D eigenvalue weighted by Gasteiger charge is -2.17. The van der Waals surface area contributed by atoms with E-state index in [1.807, 2.05) is 0 Å². The smallest absolute Gasteiger partial charge is 0.325 e. The van der Waals surface area contributed by atoms with Gasteiger partial charge in [-0.15, -0.1) is 0 Å². The number of hydrogen-bond donors (Lipinski definition) is 1. The van der Waals surface area contributed by atoms with Gasteiger partial charge in [-0.3, -0.25) is 14.5 Å². The summed E-state index contributed by atoms with van der Waals surface area (Å²) in [6.07, 6.45) is 0. The number of nitrogens with zero attached hydrogens (tertiary/aromatic N) is 1. The maximum absolute atomic E-state index is 11.8. The number of ether oxygens (including phenoxy) is 1. The molecule has 3 amide bonds. The van der Waals surface area contributed by atoms with E-state index in [0.717, 1.165) is 4.90 Å². The summed E-state index contributed by atoms with van der Waals surface area (Å²) in [4.78, 5) is 34.6. The molecule has 0 bridgehead atoms. The summed E-state index contributed by atoms with van der Waals surface area (Å²) in [5.74, 6) is -0.879. The third kappa shape index (κ3) is 2.34. The molecule has 0 radical (unpaired) electrons. The van der Waals surface area contributed by atoms with Crippen LogP contribution in [0.1, 0.15) is 13.8 Å². The van der Waals surface area contributed by atoms with Crippen molar-refractivity contribution in [2.45, 2.75) is 24.2 Å². The van der Waals surface area contributed by atoms with E-state index in [0.29, 0.717) is 0 Å². The fourth-order valence-electron chi connectivity index (χ4n) is 1.35. The van der Waals surface area contributed by atoms with Crippen molar-refractivity contribution in [3.05, 3.63) is 0 Å². The summed E-state index contributed by atoms with van der Waals surface area (Å²) >= 11 is 3.06. The maximum atomic E-state index is 11.8. The molecule has 1 aliphatic heterocycles. The van der Waals surface area contributed by atoms with Gasteiger partial charge in [-0.05, 0) is 13.8 Å². The van der Waals surface area contributed by atoms with Crippen molar-refractivity contribution in [2.24, 2.45) is 0 Å². The first-order valence-electron chi connectivity index (χ1n) is 4.65. The van der Waals surface area contributed by atoms with Crippen molar-refractivity contribution in [1.29, 1.82) is 0 Å². The summed E-state index contributed by atoms with van der Waals surface area (Å²) in [5, 5.41) is 2.52. The maximum Gasteiger partial charge on any atom is 0.325 e. The van der Waals surface area contributed by atoms with Crippen molar-refractivity contribution in [3.63, 3.8) is 0 Å². The van der Waals surface area contributed by atoms with Crippen LogP contribution >= 0.6 is 15.9 Å². The molecule has 1 rings (SSSR count). The minimum Gasteiger partial charge on any atom is -0.468 e. The second-order valence-electron chi connectivity index (χ2n) is 3.96. The van der Waals surface area contributed by atoms with Gasteiger partial charge in [0.25, 0.3) is 5.91 Å². The van der Waals surface area contributed by atoms with Crippen LogP contribution in [0.5, 0.6) is 0 Å². The fraction of sp³-hybridized carbons (Fsp3) is 0.667. The van der Waals surface area contributed by atoms with Crippen molar-refractivity contribution in [1.82, 2.24) is 10.2 Å². The van der Waals surface area contributed by atoms with Crippen molar-refractivity contribution in [3.8, 4) is 0 Å².